The van der Waals surface area contributed by atoms with Crippen LogP contribution in [-0.4, -0.2) is 46.5 Å². The number of fused-ring (bicyclic) bond motifs is 1. The van der Waals surface area contributed by atoms with E-state index >= 15 is 0 Å². The topological polar surface area (TPSA) is 114 Å². The Morgan fingerprint density at radius 3 is 2.62 bits per heavy atom. The number of nitrogens with zero attached hydrogens (tertiary/aromatic N) is 1. The standard InChI is InChI=1S/C22H25N3O6S/c26-21(24-16-4-1-5-17(14-16)25-11-2-6-22(25)27)9-10-23-32(28,29)18-7-8-19-20(15-18)31-13-3-12-30-19/h1,4-5,7-8,14-15,23H,2-3,6,9-13H2,(H,24,26). The highest BCUT2D eigenvalue weighted by Crippen LogP contribution is 2.31. The van der Waals surface area contributed by atoms with Crippen LogP contribution in [-0.2, 0) is 19.6 Å². The first-order chi connectivity index (χ1) is 15.4. The molecule has 2 aromatic carbocycles. The first kappa shape index (κ1) is 22.1. The number of carbonyl (C=O) groups is 2. The SMILES string of the molecule is O=C(CCNS(=O)(=O)c1ccc2c(c1)OCCCO2)Nc1cccc(N2CCCC2=O)c1. The molecule has 2 aliphatic rings. The fourth-order valence-corrected chi connectivity index (χ4v) is 4.64. The number of ether oxygens (including phenoxy) is 2. The van der Waals surface area contributed by atoms with Crippen molar-refractivity contribution in [2.45, 2.75) is 30.6 Å². The van der Waals surface area contributed by atoms with Gasteiger partial charge >= 0.3 is 0 Å². The van der Waals surface area contributed by atoms with Crippen LogP contribution in [0.3, 0.4) is 0 Å². The Labute approximate surface area is 186 Å². The molecule has 4 rings (SSSR count). The van der Waals surface area contributed by atoms with E-state index in [1.165, 1.54) is 12.1 Å². The van der Waals surface area contributed by atoms with Gasteiger partial charge in [0.25, 0.3) is 0 Å². The summed E-state index contributed by atoms with van der Waals surface area (Å²) in [6.45, 7) is 1.58. The fraction of sp³-hybridized carbons (Fsp3) is 0.364. The number of hydrogen-bond acceptors (Lipinski definition) is 6. The minimum absolute atomic E-state index is 0.0450. The number of hydrogen-bond donors (Lipinski definition) is 2. The highest BCUT2D eigenvalue weighted by Gasteiger charge is 2.22. The summed E-state index contributed by atoms with van der Waals surface area (Å²) in [4.78, 5) is 26.0. The molecule has 2 aromatic rings. The zero-order valence-corrected chi connectivity index (χ0v) is 18.3. The molecule has 9 nitrogen and oxygen atoms in total. The van der Waals surface area contributed by atoms with Crippen molar-refractivity contribution in [2.24, 2.45) is 0 Å². The largest absolute Gasteiger partial charge is 0.490 e. The number of amides is 2. The van der Waals surface area contributed by atoms with E-state index in [4.69, 9.17) is 9.47 Å². The second-order valence-corrected chi connectivity index (χ2v) is 9.32. The van der Waals surface area contributed by atoms with Crippen LogP contribution in [0.2, 0.25) is 0 Å². The lowest BCUT2D eigenvalue weighted by molar-refractivity contribution is -0.117. The number of benzene rings is 2. The van der Waals surface area contributed by atoms with E-state index in [-0.39, 0.29) is 29.7 Å². The van der Waals surface area contributed by atoms with Crippen molar-refractivity contribution >= 4 is 33.2 Å². The number of anilines is 2. The lowest BCUT2D eigenvalue weighted by atomic mass is 10.2. The lowest BCUT2D eigenvalue weighted by Crippen LogP contribution is -2.28. The molecule has 0 radical (unpaired) electrons. The van der Waals surface area contributed by atoms with Crippen LogP contribution >= 0.6 is 0 Å². The van der Waals surface area contributed by atoms with Crippen LogP contribution < -0.4 is 24.4 Å². The third kappa shape index (κ3) is 5.20. The van der Waals surface area contributed by atoms with Crippen LogP contribution in [0.1, 0.15) is 25.7 Å². The molecule has 2 N–H and O–H groups in total. The van der Waals surface area contributed by atoms with Crippen LogP contribution in [0.15, 0.2) is 47.4 Å². The molecule has 170 valence electrons. The molecule has 2 amide bonds. The van der Waals surface area contributed by atoms with E-state index in [9.17, 15) is 18.0 Å². The number of carbonyl (C=O) groups excluding carboxylic acids is 2. The Morgan fingerprint density at radius 1 is 1.03 bits per heavy atom. The molecule has 2 heterocycles. The molecule has 1 saturated heterocycles. The molecule has 0 bridgehead atoms. The Hall–Kier alpha value is -3.11. The van der Waals surface area contributed by atoms with Crippen LogP contribution in [0.5, 0.6) is 11.5 Å². The van der Waals surface area contributed by atoms with Gasteiger partial charge in [-0.2, -0.15) is 0 Å². The average molecular weight is 460 g/mol. The maximum atomic E-state index is 12.6. The molecule has 1 fully saturated rings. The Morgan fingerprint density at radius 2 is 1.84 bits per heavy atom. The van der Waals surface area contributed by atoms with E-state index in [1.807, 2.05) is 6.07 Å². The van der Waals surface area contributed by atoms with Gasteiger partial charge in [0.15, 0.2) is 11.5 Å². The van der Waals surface area contributed by atoms with Gasteiger partial charge < -0.3 is 19.7 Å². The molecular weight excluding hydrogens is 434 g/mol. The van der Waals surface area contributed by atoms with Crippen molar-refractivity contribution in [2.75, 3.05) is 36.5 Å². The fourth-order valence-electron chi connectivity index (χ4n) is 3.59. The lowest BCUT2D eigenvalue weighted by Gasteiger charge is -2.16. The molecule has 2 aliphatic heterocycles. The Kier molecular flexibility index (Phi) is 6.61. The Balaban J connectivity index is 1.32. The molecule has 0 atom stereocenters. The van der Waals surface area contributed by atoms with Gasteiger partial charge in [-0.1, -0.05) is 6.07 Å². The monoisotopic (exact) mass is 459 g/mol. The normalized spacial score (nSPS) is 16.0. The number of rotatable bonds is 7. The van der Waals surface area contributed by atoms with E-state index in [0.29, 0.717) is 43.4 Å². The quantitative estimate of drug-likeness (QED) is 0.657. The highest BCUT2D eigenvalue weighted by atomic mass is 32.2. The van der Waals surface area contributed by atoms with E-state index in [2.05, 4.69) is 10.0 Å². The van der Waals surface area contributed by atoms with Crippen LogP contribution in [0.25, 0.3) is 0 Å². The summed E-state index contributed by atoms with van der Waals surface area (Å²) < 4.78 is 38.7. The summed E-state index contributed by atoms with van der Waals surface area (Å²) in [5, 5.41) is 2.75. The van der Waals surface area contributed by atoms with Gasteiger partial charge in [-0.3, -0.25) is 9.59 Å². The predicted octanol–water partition coefficient (Wildman–Crippen LogP) is 2.28. The molecule has 0 saturated carbocycles. The van der Waals surface area contributed by atoms with Crippen molar-refractivity contribution in [1.82, 2.24) is 4.72 Å². The van der Waals surface area contributed by atoms with Gasteiger partial charge in [0, 0.05) is 49.8 Å². The molecular formula is C22H25N3O6S. The van der Waals surface area contributed by atoms with Crippen LogP contribution in [0, 0.1) is 0 Å². The van der Waals surface area contributed by atoms with E-state index < -0.39 is 10.0 Å². The average Bonchev–Trinajstić information content (AvgIpc) is 3.05. The molecule has 32 heavy (non-hydrogen) atoms. The van der Waals surface area contributed by atoms with Gasteiger partial charge in [-0.05, 0) is 36.8 Å². The summed E-state index contributed by atoms with van der Waals surface area (Å²) in [5.41, 5.74) is 1.29. The third-order valence-electron chi connectivity index (χ3n) is 5.19. The number of nitrogens with one attached hydrogen (secondary N) is 2. The zero-order valence-electron chi connectivity index (χ0n) is 17.5. The summed E-state index contributed by atoms with van der Waals surface area (Å²) in [6.07, 6.45) is 2.02. The first-order valence-electron chi connectivity index (χ1n) is 10.5. The summed E-state index contributed by atoms with van der Waals surface area (Å²) in [5.74, 6) is 0.632. The first-order valence-corrected chi connectivity index (χ1v) is 12.0. The summed E-state index contributed by atoms with van der Waals surface area (Å²) in [7, 11) is -3.81. The molecule has 0 aliphatic carbocycles. The van der Waals surface area contributed by atoms with E-state index in [1.54, 1.807) is 29.2 Å². The van der Waals surface area contributed by atoms with Crippen molar-refractivity contribution in [3.8, 4) is 11.5 Å². The highest BCUT2D eigenvalue weighted by molar-refractivity contribution is 7.89. The third-order valence-corrected chi connectivity index (χ3v) is 6.65. The maximum absolute atomic E-state index is 12.6. The van der Waals surface area contributed by atoms with Gasteiger partial charge in [-0.25, -0.2) is 13.1 Å². The zero-order chi connectivity index (χ0) is 22.6. The minimum atomic E-state index is -3.81. The van der Waals surface area contributed by atoms with Crippen LogP contribution in [0.4, 0.5) is 11.4 Å². The number of sulfonamides is 1. The van der Waals surface area contributed by atoms with E-state index in [0.717, 1.165) is 18.5 Å². The predicted molar refractivity (Wildman–Crippen MR) is 119 cm³/mol. The second kappa shape index (κ2) is 9.58. The molecule has 0 aromatic heterocycles. The summed E-state index contributed by atoms with van der Waals surface area (Å²) >= 11 is 0. The van der Waals surface area contributed by atoms with Gasteiger partial charge in [0.1, 0.15) is 0 Å². The maximum Gasteiger partial charge on any atom is 0.240 e. The minimum Gasteiger partial charge on any atom is -0.490 e. The van der Waals surface area contributed by atoms with Gasteiger partial charge in [0.05, 0.1) is 18.1 Å². The molecule has 0 spiro atoms. The van der Waals surface area contributed by atoms with Gasteiger partial charge in [0.2, 0.25) is 21.8 Å². The Bertz CT molecular complexity index is 1120. The van der Waals surface area contributed by atoms with Crippen molar-refractivity contribution in [3.05, 3.63) is 42.5 Å². The van der Waals surface area contributed by atoms with Gasteiger partial charge in [-0.15, -0.1) is 0 Å². The molecule has 10 heteroatoms. The second-order valence-electron chi connectivity index (χ2n) is 7.55. The van der Waals surface area contributed by atoms with Crippen molar-refractivity contribution in [3.63, 3.8) is 0 Å². The van der Waals surface area contributed by atoms with Crippen molar-refractivity contribution in [1.29, 1.82) is 0 Å². The smallest absolute Gasteiger partial charge is 0.240 e. The summed E-state index contributed by atoms with van der Waals surface area (Å²) in [6, 6.07) is 11.5. The van der Waals surface area contributed by atoms with Crippen molar-refractivity contribution < 1.29 is 27.5 Å². The molecule has 0 unspecified atom stereocenters.